The van der Waals surface area contributed by atoms with E-state index in [2.05, 4.69) is 63.5 Å². The summed E-state index contributed by atoms with van der Waals surface area (Å²) in [7, 11) is 8.18. The second-order valence-electron chi connectivity index (χ2n) is 6.72. The van der Waals surface area contributed by atoms with E-state index in [1.165, 1.54) is 5.69 Å². The third kappa shape index (κ3) is 3.94. The maximum Gasteiger partial charge on any atom is 0.138 e. The highest BCUT2D eigenvalue weighted by Gasteiger charge is 2.12. The van der Waals surface area contributed by atoms with Crippen LogP contribution in [0.15, 0.2) is 48.7 Å². The Labute approximate surface area is 155 Å². The van der Waals surface area contributed by atoms with Crippen molar-refractivity contribution in [1.29, 1.82) is 0 Å². The van der Waals surface area contributed by atoms with Crippen LogP contribution in [0.2, 0.25) is 0 Å². The monoisotopic (exact) mass is 349 g/mol. The molecule has 0 radical (unpaired) electrons. The predicted molar refractivity (Wildman–Crippen MR) is 111 cm³/mol. The number of pyridine rings is 2. The van der Waals surface area contributed by atoms with Gasteiger partial charge in [0.05, 0.1) is 11.2 Å². The third-order valence-electron chi connectivity index (χ3n) is 4.54. The second kappa shape index (κ2) is 8.15. The summed E-state index contributed by atoms with van der Waals surface area (Å²) in [6.07, 6.45) is 2.91. The van der Waals surface area contributed by atoms with E-state index in [1.807, 2.05) is 33.4 Å². The molecule has 0 fully saturated rings. The normalized spacial score (nSPS) is 10.9. The molecular weight excluding hydrogens is 322 g/mol. The average Bonchev–Trinajstić information content (AvgIpc) is 2.67. The molecule has 0 atom stereocenters. The van der Waals surface area contributed by atoms with E-state index in [9.17, 15) is 0 Å². The quantitative estimate of drug-likeness (QED) is 0.662. The molecule has 0 spiro atoms. The summed E-state index contributed by atoms with van der Waals surface area (Å²) in [6.45, 7) is 1.94. The SMILES string of the molecule is CNCCCN(C)c1nc(-c2ccc(N(C)C)cc2)cc2ncccc12. The lowest BCUT2D eigenvalue weighted by Crippen LogP contribution is -2.23. The number of fused-ring (bicyclic) bond motifs is 1. The molecule has 0 aliphatic heterocycles. The highest BCUT2D eigenvalue weighted by molar-refractivity contribution is 5.92. The standard InChI is InChI=1S/C21H27N5/c1-22-12-6-14-26(4)21-18-7-5-13-23-20(18)15-19(24-21)16-8-10-17(11-9-16)25(2)3/h5,7-11,13,15,22H,6,12,14H2,1-4H3. The Bertz CT molecular complexity index is 858. The Morgan fingerprint density at radius 3 is 2.50 bits per heavy atom. The van der Waals surface area contributed by atoms with E-state index in [0.717, 1.165) is 47.5 Å². The molecule has 2 aromatic heterocycles. The van der Waals surface area contributed by atoms with Crippen molar-refractivity contribution in [1.82, 2.24) is 15.3 Å². The molecule has 3 rings (SSSR count). The fourth-order valence-electron chi connectivity index (χ4n) is 3.03. The van der Waals surface area contributed by atoms with Crippen molar-refractivity contribution in [2.24, 2.45) is 0 Å². The fourth-order valence-corrected chi connectivity index (χ4v) is 3.03. The van der Waals surface area contributed by atoms with Crippen LogP contribution in [0.3, 0.4) is 0 Å². The van der Waals surface area contributed by atoms with Crippen molar-refractivity contribution < 1.29 is 0 Å². The lowest BCUT2D eigenvalue weighted by Gasteiger charge is -2.21. The van der Waals surface area contributed by atoms with Crippen molar-refractivity contribution in [2.45, 2.75) is 6.42 Å². The van der Waals surface area contributed by atoms with Gasteiger partial charge in [0.1, 0.15) is 5.82 Å². The van der Waals surface area contributed by atoms with Crippen LogP contribution in [0.4, 0.5) is 11.5 Å². The van der Waals surface area contributed by atoms with Gasteiger partial charge in [0.25, 0.3) is 0 Å². The van der Waals surface area contributed by atoms with Gasteiger partial charge in [0.15, 0.2) is 0 Å². The summed E-state index contributed by atoms with van der Waals surface area (Å²) < 4.78 is 0. The third-order valence-corrected chi connectivity index (χ3v) is 4.54. The van der Waals surface area contributed by atoms with Crippen molar-refractivity contribution in [2.75, 3.05) is 51.1 Å². The minimum Gasteiger partial charge on any atom is -0.378 e. The van der Waals surface area contributed by atoms with Crippen LogP contribution in [0.5, 0.6) is 0 Å². The molecular formula is C21H27N5. The number of aromatic nitrogens is 2. The lowest BCUT2D eigenvalue weighted by atomic mass is 10.1. The van der Waals surface area contributed by atoms with Crippen molar-refractivity contribution >= 4 is 22.4 Å². The van der Waals surface area contributed by atoms with E-state index < -0.39 is 0 Å². The van der Waals surface area contributed by atoms with Crippen LogP contribution < -0.4 is 15.1 Å². The summed E-state index contributed by atoms with van der Waals surface area (Å²) in [5.41, 5.74) is 4.21. The predicted octanol–water partition coefficient (Wildman–Crippen LogP) is 3.41. The second-order valence-corrected chi connectivity index (χ2v) is 6.72. The van der Waals surface area contributed by atoms with Gasteiger partial charge in [-0.3, -0.25) is 4.98 Å². The van der Waals surface area contributed by atoms with E-state index >= 15 is 0 Å². The molecule has 3 aromatic rings. The zero-order valence-corrected chi connectivity index (χ0v) is 16.0. The zero-order valence-electron chi connectivity index (χ0n) is 16.0. The van der Waals surface area contributed by atoms with Gasteiger partial charge in [0, 0.05) is 50.5 Å². The number of rotatable bonds is 7. The molecule has 0 bridgehead atoms. The first kappa shape index (κ1) is 18.1. The van der Waals surface area contributed by atoms with Gasteiger partial charge in [-0.15, -0.1) is 0 Å². The summed E-state index contributed by atoms with van der Waals surface area (Å²) in [5.74, 6) is 0.985. The van der Waals surface area contributed by atoms with Gasteiger partial charge in [-0.2, -0.15) is 0 Å². The smallest absolute Gasteiger partial charge is 0.138 e. The Balaban J connectivity index is 2.01. The molecule has 0 amide bonds. The molecule has 2 heterocycles. The molecule has 0 aliphatic carbocycles. The zero-order chi connectivity index (χ0) is 18.5. The first-order valence-corrected chi connectivity index (χ1v) is 8.99. The minimum absolute atomic E-state index is 0.945. The van der Waals surface area contributed by atoms with Crippen molar-refractivity contribution in [3.05, 3.63) is 48.7 Å². The molecule has 0 saturated heterocycles. The first-order valence-electron chi connectivity index (χ1n) is 8.99. The number of hydrogen-bond donors (Lipinski definition) is 1. The Hall–Kier alpha value is -2.66. The van der Waals surface area contributed by atoms with E-state index in [-0.39, 0.29) is 0 Å². The van der Waals surface area contributed by atoms with Crippen LogP contribution in [-0.2, 0) is 0 Å². The fraction of sp³-hybridized carbons (Fsp3) is 0.333. The van der Waals surface area contributed by atoms with Crippen LogP contribution >= 0.6 is 0 Å². The highest BCUT2D eigenvalue weighted by Crippen LogP contribution is 2.29. The topological polar surface area (TPSA) is 44.3 Å². The summed E-state index contributed by atoms with van der Waals surface area (Å²) in [4.78, 5) is 13.9. The summed E-state index contributed by atoms with van der Waals surface area (Å²) >= 11 is 0. The number of nitrogens with one attached hydrogen (secondary N) is 1. The maximum absolute atomic E-state index is 4.98. The van der Waals surface area contributed by atoms with Crippen LogP contribution in [-0.4, -0.2) is 51.2 Å². The number of anilines is 2. The summed E-state index contributed by atoms with van der Waals surface area (Å²) in [5, 5.41) is 4.29. The minimum atomic E-state index is 0.945. The Kier molecular flexibility index (Phi) is 5.68. The molecule has 1 aromatic carbocycles. The van der Waals surface area contributed by atoms with Gasteiger partial charge in [-0.1, -0.05) is 12.1 Å². The molecule has 26 heavy (non-hydrogen) atoms. The van der Waals surface area contributed by atoms with E-state index in [1.54, 1.807) is 0 Å². The number of nitrogens with zero attached hydrogens (tertiary/aromatic N) is 4. The Morgan fingerprint density at radius 2 is 1.81 bits per heavy atom. The van der Waals surface area contributed by atoms with Gasteiger partial charge in [0.2, 0.25) is 0 Å². The first-order chi connectivity index (χ1) is 12.6. The molecule has 0 unspecified atom stereocenters. The van der Waals surface area contributed by atoms with E-state index in [4.69, 9.17) is 4.98 Å². The van der Waals surface area contributed by atoms with Crippen LogP contribution in [0.1, 0.15) is 6.42 Å². The molecule has 5 nitrogen and oxygen atoms in total. The largest absolute Gasteiger partial charge is 0.378 e. The molecule has 5 heteroatoms. The van der Waals surface area contributed by atoms with Gasteiger partial charge in [-0.25, -0.2) is 4.98 Å². The maximum atomic E-state index is 4.98. The number of hydrogen-bond acceptors (Lipinski definition) is 5. The van der Waals surface area contributed by atoms with Crippen molar-refractivity contribution in [3.63, 3.8) is 0 Å². The molecule has 136 valence electrons. The van der Waals surface area contributed by atoms with Crippen LogP contribution in [0, 0.1) is 0 Å². The van der Waals surface area contributed by atoms with Gasteiger partial charge >= 0.3 is 0 Å². The summed E-state index contributed by atoms with van der Waals surface area (Å²) in [6, 6.07) is 14.6. The average molecular weight is 349 g/mol. The molecule has 0 saturated carbocycles. The number of benzene rings is 1. The van der Waals surface area contributed by atoms with Crippen LogP contribution in [0.25, 0.3) is 22.2 Å². The lowest BCUT2D eigenvalue weighted by molar-refractivity contribution is 0.710. The van der Waals surface area contributed by atoms with E-state index in [0.29, 0.717) is 0 Å². The van der Waals surface area contributed by atoms with Crippen molar-refractivity contribution in [3.8, 4) is 11.3 Å². The molecule has 1 N–H and O–H groups in total. The Morgan fingerprint density at radius 1 is 1.04 bits per heavy atom. The molecule has 0 aliphatic rings. The van der Waals surface area contributed by atoms with Gasteiger partial charge < -0.3 is 15.1 Å². The van der Waals surface area contributed by atoms with Gasteiger partial charge in [-0.05, 0) is 50.3 Å². The highest BCUT2D eigenvalue weighted by atomic mass is 15.2.